The van der Waals surface area contributed by atoms with E-state index in [9.17, 15) is 13.2 Å². The van der Waals surface area contributed by atoms with E-state index in [0.29, 0.717) is 51.6 Å². The minimum atomic E-state index is -3.75. The Hall–Kier alpha value is -3.27. The number of rotatable bonds is 11. The summed E-state index contributed by atoms with van der Waals surface area (Å²) in [5.41, 5.74) is 4.84. The van der Waals surface area contributed by atoms with Crippen LogP contribution in [-0.2, 0) is 21.4 Å². The van der Waals surface area contributed by atoms with Crippen LogP contribution in [0, 0.1) is 6.92 Å². The maximum Gasteiger partial charge on any atom is 0.260 e. The molecule has 1 N–H and O–H groups in total. The fraction of sp³-hybridized carbons (Fsp3) is 0.231. The monoisotopic (exact) mass is 563 g/mol. The average molecular weight is 564 g/mol. The van der Waals surface area contributed by atoms with Crippen LogP contribution < -0.4 is 19.2 Å². The lowest BCUT2D eigenvalue weighted by Crippen LogP contribution is -2.39. The zero-order valence-corrected chi connectivity index (χ0v) is 22.9. The van der Waals surface area contributed by atoms with E-state index < -0.39 is 22.5 Å². The Morgan fingerprint density at radius 2 is 1.78 bits per heavy atom. The number of hydrogen-bond donors (Lipinski definition) is 1. The first-order valence-electron chi connectivity index (χ1n) is 11.3. The fourth-order valence-corrected chi connectivity index (χ4v) is 4.53. The molecular formula is C26H27Cl2N3O5S. The summed E-state index contributed by atoms with van der Waals surface area (Å²) in [4.78, 5) is 12.5. The molecule has 0 aliphatic heterocycles. The van der Waals surface area contributed by atoms with Gasteiger partial charge in [0, 0.05) is 10.0 Å². The predicted octanol–water partition coefficient (Wildman–Crippen LogP) is 5.20. The highest BCUT2D eigenvalue weighted by atomic mass is 35.5. The van der Waals surface area contributed by atoms with Crippen molar-refractivity contribution in [1.82, 2.24) is 5.43 Å². The van der Waals surface area contributed by atoms with E-state index in [-0.39, 0.29) is 0 Å². The van der Waals surface area contributed by atoms with E-state index in [1.165, 1.54) is 6.21 Å². The highest BCUT2D eigenvalue weighted by Gasteiger charge is 2.23. The number of anilines is 1. The third-order valence-corrected chi connectivity index (χ3v) is 6.96. The van der Waals surface area contributed by atoms with Gasteiger partial charge in [-0.2, -0.15) is 5.10 Å². The Kier molecular flexibility index (Phi) is 9.79. The maximum atomic E-state index is 12.5. The zero-order valence-electron chi connectivity index (χ0n) is 20.6. The average Bonchev–Trinajstić information content (AvgIpc) is 2.84. The Labute approximate surface area is 226 Å². The largest absolute Gasteiger partial charge is 0.490 e. The van der Waals surface area contributed by atoms with Crippen LogP contribution in [0.2, 0.25) is 10.0 Å². The van der Waals surface area contributed by atoms with Gasteiger partial charge in [0.2, 0.25) is 10.0 Å². The quantitative estimate of drug-likeness (QED) is 0.255. The SMILES string of the molecule is CCOc1cc(/C=N\NC(=O)CN(c2cccc(Cl)c2C)S(C)(=O)=O)ccc1OCc1ccc(Cl)cc1. The molecule has 0 bridgehead atoms. The second kappa shape index (κ2) is 12.8. The van der Waals surface area contributed by atoms with Gasteiger partial charge in [-0.3, -0.25) is 9.10 Å². The lowest BCUT2D eigenvalue weighted by Gasteiger charge is -2.23. The topological polar surface area (TPSA) is 97.3 Å². The minimum absolute atomic E-state index is 0.324. The first kappa shape index (κ1) is 28.3. The van der Waals surface area contributed by atoms with Crippen molar-refractivity contribution < 1.29 is 22.7 Å². The molecule has 0 heterocycles. The summed E-state index contributed by atoms with van der Waals surface area (Å²) >= 11 is 12.1. The molecule has 0 aliphatic rings. The van der Waals surface area contributed by atoms with E-state index >= 15 is 0 Å². The molecule has 8 nitrogen and oxygen atoms in total. The molecule has 1 amide bonds. The number of hydrazone groups is 1. The number of ether oxygens (including phenoxy) is 2. The highest BCUT2D eigenvalue weighted by molar-refractivity contribution is 7.92. The fourth-order valence-electron chi connectivity index (χ4n) is 3.33. The number of carbonyl (C=O) groups excluding carboxylic acids is 1. The molecule has 0 aliphatic carbocycles. The Balaban J connectivity index is 1.67. The minimum Gasteiger partial charge on any atom is -0.490 e. The number of nitrogens with zero attached hydrogens (tertiary/aromatic N) is 2. The molecule has 0 fully saturated rings. The normalized spacial score (nSPS) is 11.4. The van der Waals surface area contributed by atoms with Gasteiger partial charge < -0.3 is 9.47 Å². The van der Waals surface area contributed by atoms with Crippen molar-refractivity contribution in [3.8, 4) is 11.5 Å². The van der Waals surface area contributed by atoms with Crippen molar-refractivity contribution in [2.75, 3.05) is 23.7 Å². The van der Waals surface area contributed by atoms with Crippen molar-refractivity contribution in [3.05, 3.63) is 87.4 Å². The van der Waals surface area contributed by atoms with Crippen molar-refractivity contribution in [2.45, 2.75) is 20.5 Å². The Bertz CT molecular complexity index is 1380. The molecule has 0 atom stereocenters. The van der Waals surface area contributed by atoms with Gasteiger partial charge in [-0.05, 0) is 73.0 Å². The molecular weight excluding hydrogens is 537 g/mol. The number of halogens is 2. The van der Waals surface area contributed by atoms with Gasteiger partial charge in [0.1, 0.15) is 13.2 Å². The summed E-state index contributed by atoms with van der Waals surface area (Å²) in [5.74, 6) is 0.457. The molecule has 0 spiro atoms. The number of carbonyl (C=O) groups is 1. The van der Waals surface area contributed by atoms with E-state index in [4.69, 9.17) is 32.7 Å². The predicted molar refractivity (Wildman–Crippen MR) is 148 cm³/mol. The second-order valence-corrected chi connectivity index (χ2v) is 10.8. The van der Waals surface area contributed by atoms with E-state index in [0.717, 1.165) is 16.1 Å². The van der Waals surface area contributed by atoms with Crippen LogP contribution in [0.25, 0.3) is 0 Å². The van der Waals surface area contributed by atoms with Crippen LogP contribution in [0.5, 0.6) is 11.5 Å². The Morgan fingerprint density at radius 1 is 1.05 bits per heavy atom. The molecule has 3 aromatic carbocycles. The van der Waals surface area contributed by atoms with E-state index in [1.54, 1.807) is 55.5 Å². The molecule has 0 radical (unpaired) electrons. The highest BCUT2D eigenvalue weighted by Crippen LogP contribution is 2.29. The third-order valence-electron chi connectivity index (χ3n) is 5.17. The third kappa shape index (κ3) is 8.11. The summed E-state index contributed by atoms with van der Waals surface area (Å²) in [5, 5.41) is 5.01. The van der Waals surface area contributed by atoms with Gasteiger partial charge in [-0.1, -0.05) is 41.4 Å². The molecule has 11 heteroatoms. The van der Waals surface area contributed by atoms with Gasteiger partial charge in [-0.15, -0.1) is 0 Å². The molecule has 0 aromatic heterocycles. The Morgan fingerprint density at radius 3 is 2.46 bits per heavy atom. The van der Waals surface area contributed by atoms with Crippen molar-refractivity contribution >= 4 is 51.0 Å². The lowest BCUT2D eigenvalue weighted by molar-refractivity contribution is -0.119. The van der Waals surface area contributed by atoms with Crippen molar-refractivity contribution in [3.63, 3.8) is 0 Å². The van der Waals surface area contributed by atoms with Crippen LogP contribution >= 0.6 is 23.2 Å². The van der Waals surface area contributed by atoms with E-state index in [2.05, 4.69) is 10.5 Å². The van der Waals surface area contributed by atoms with Crippen molar-refractivity contribution in [2.24, 2.45) is 5.10 Å². The summed E-state index contributed by atoms with van der Waals surface area (Å²) < 4.78 is 37.3. The van der Waals surface area contributed by atoms with Gasteiger partial charge in [0.15, 0.2) is 11.5 Å². The molecule has 37 heavy (non-hydrogen) atoms. The second-order valence-electron chi connectivity index (χ2n) is 8.00. The summed E-state index contributed by atoms with van der Waals surface area (Å²) in [6, 6.07) is 17.4. The number of benzene rings is 3. The van der Waals surface area contributed by atoms with Crippen LogP contribution in [0.15, 0.2) is 65.8 Å². The van der Waals surface area contributed by atoms with Crippen LogP contribution in [-0.4, -0.2) is 39.9 Å². The zero-order chi connectivity index (χ0) is 27.0. The van der Waals surface area contributed by atoms with Gasteiger partial charge in [0.25, 0.3) is 5.91 Å². The summed E-state index contributed by atoms with van der Waals surface area (Å²) in [6.45, 7) is 3.85. The van der Waals surface area contributed by atoms with Crippen molar-refractivity contribution in [1.29, 1.82) is 0 Å². The van der Waals surface area contributed by atoms with Crippen LogP contribution in [0.4, 0.5) is 5.69 Å². The molecule has 0 saturated heterocycles. The van der Waals surface area contributed by atoms with Gasteiger partial charge >= 0.3 is 0 Å². The molecule has 3 aromatic rings. The number of hydrogen-bond acceptors (Lipinski definition) is 6. The molecule has 0 unspecified atom stereocenters. The van der Waals surface area contributed by atoms with Crippen LogP contribution in [0.3, 0.4) is 0 Å². The smallest absolute Gasteiger partial charge is 0.260 e. The molecule has 3 rings (SSSR count). The maximum absolute atomic E-state index is 12.5. The number of sulfonamides is 1. The summed E-state index contributed by atoms with van der Waals surface area (Å²) in [7, 11) is -3.75. The molecule has 0 saturated carbocycles. The lowest BCUT2D eigenvalue weighted by atomic mass is 10.2. The first-order chi connectivity index (χ1) is 17.6. The van der Waals surface area contributed by atoms with Gasteiger partial charge in [0.05, 0.1) is 24.8 Å². The summed E-state index contributed by atoms with van der Waals surface area (Å²) in [6.07, 6.45) is 2.45. The standard InChI is InChI=1S/C26H27Cl2N3O5S/c1-4-35-25-14-20(10-13-24(25)36-17-19-8-11-21(27)12-9-19)15-29-30-26(32)16-31(37(3,33)34)23-7-5-6-22(28)18(23)2/h5-15H,4,16-17H2,1-3H3,(H,30,32)/b29-15-. The number of nitrogens with one attached hydrogen (secondary N) is 1. The van der Waals surface area contributed by atoms with E-state index in [1.807, 2.05) is 19.1 Å². The van der Waals surface area contributed by atoms with Crippen LogP contribution in [0.1, 0.15) is 23.6 Å². The number of amides is 1. The first-order valence-corrected chi connectivity index (χ1v) is 13.9. The van der Waals surface area contributed by atoms with Gasteiger partial charge in [-0.25, -0.2) is 13.8 Å². The molecule has 196 valence electrons.